The first-order valence-electron chi connectivity index (χ1n) is 6.79. The molecule has 0 unspecified atom stereocenters. The Kier molecular flexibility index (Phi) is 3.56. The van der Waals surface area contributed by atoms with Gasteiger partial charge >= 0.3 is 5.97 Å². The molecule has 4 nitrogen and oxygen atoms in total. The highest BCUT2D eigenvalue weighted by Gasteiger charge is 2.39. The first-order valence-corrected chi connectivity index (χ1v) is 6.79. The molecule has 1 aromatic heterocycles. The second kappa shape index (κ2) is 5.52. The van der Waals surface area contributed by atoms with Gasteiger partial charge in [-0.1, -0.05) is 6.07 Å². The highest BCUT2D eigenvalue weighted by Crippen LogP contribution is 2.34. The smallest absolute Gasteiger partial charge is 0.309 e. The summed E-state index contributed by atoms with van der Waals surface area (Å²) in [5, 5.41) is 9.44. The van der Waals surface area contributed by atoms with Crippen LogP contribution in [0.1, 0.15) is 11.6 Å². The number of hydrogen-bond acceptors (Lipinski definition) is 3. The van der Waals surface area contributed by atoms with Crippen LogP contribution in [0.5, 0.6) is 0 Å². The Balaban J connectivity index is 1.88. The van der Waals surface area contributed by atoms with Crippen LogP contribution in [0.4, 0.5) is 10.1 Å². The number of rotatable bonds is 3. The monoisotopic (exact) mass is 286 g/mol. The number of aliphatic carboxylic acids is 1. The second-order valence-electron chi connectivity index (χ2n) is 5.19. The van der Waals surface area contributed by atoms with Gasteiger partial charge in [-0.25, -0.2) is 4.39 Å². The Morgan fingerprint density at radius 1 is 1.19 bits per heavy atom. The van der Waals surface area contributed by atoms with Crippen LogP contribution in [-0.4, -0.2) is 29.1 Å². The van der Waals surface area contributed by atoms with Crippen molar-refractivity contribution in [3.63, 3.8) is 0 Å². The summed E-state index contributed by atoms with van der Waals surface area (Å²) in [7, 11) is 0. The third-order valence-electron chi connectivity index (χ3n) is 3.90. The largest absolute Gasteiger partial charge is 0.481 e. The Morgan fingerprint density at radius 2 is 1.95 bits per heavy atom. The molecule has 0 amide bonds. The maximum Gasteiger partial charge on any atom is 0.309 e. The number of hydrogen-bond donors (Lipinski definition) is 1. The number of benzene rings is 1. The molecule has 0 spiro atoms. The molecule has 1 aromatic carbocycles. The second-order valence-corrected chi connectivity index (χ2v) is 5.19. The molecule has 0 bridgehead atoms. The van der Waals surface area contributed by atoms with E-state index in [1.54, 1.807) is 18.3 Å². The molecule has 1 aliphatic rings. The van der Waals surface area contributed by atoms with Crippen LogP contribution in [0.15, 0.2) is 48.7 Å². The number of aromatic nitrogens is 1. The summed E-state index contributed by atoms with van der Waals surface area (Å²) in [4.78, 5) is 17.8. The van der Waals surface area contributed by atoms with Crippen molar-refractivity contribution in [2.24, 2.45) is 5.92 Å². The summed E-state index contributed by atoms with van der Waals surface area (Å²) < 4.78 is 13.0. The van der Waals surface area contributed by atoms with E-state index >= 15 is 0 Å². The van der Waals surface area contributed by atoms with Gasteiger partial charge < -0.3 is 10.0 Å². The van der Waals surface area contributed by atoms with Crippen LogP contribution in [-0.2, 0) is 4.79 Å². The van der Waals surface area contributed by atoms with Crippen molar-refractivity contribution >= 4 is 11.7 Å². The van der Waals surface area contributed by atoms with Gasteiger partial charge in [-0.2, -0.15) is 0 Å². The summed E-state index contributed by atoms with van der Waals surface area (Å²) in [6.45, 7) is 0.974. The molecular weight excluding hydrogens is 271 g/mol. The molecular formula is C16H15FN2O2. The molecule has 1 saturated heterocycles. The molecule has 2 heterocycles. The van der Waals surface area contributed by atoms with E-state index in [1.165, 1.54) is 12.1 Å². The lowest BCUT2D eigenvalue weighted by Crippen LogP contribution is -2.23. The number of carbonyl (C=O) groups is 1. The molecule has 2 atom stereocenters. The van der Waals surface area contributed by atoms with Crippen LogP contribution >= 0.6 is 0 Å². The highest BCUT2D eigenvalue weighted by molar-refractivity contribution is 5.74. The van der Waals surface area contributed by atoms with Crippen molar-refractivity contribution in [2.75, 3.05) is 18.0 Å². The van der Waals surface area contributed by atoms with Crippen LogP contribution < -0.4 is 4.90 Å². The van der Waals surface area contributed by atoms with E-state index in [-0.39, 0.29) is 11.7 Å². The molecule has 1 N–H and O–H groups in total. The molecule has 5 heteroatoms. The summed E-state index contributed by atoms with van der Waals surface area (Å²) >= 11 is 0. The van der Waals surface area contributed by atoms with E-state index < -0.39 is 11.9 Å². The van der Waals surface area contributed by atoms with Gasteiger partial charge in [-0.15, -0.1) is 0 Å². The zero-order valence-corrected chi connectivity index (χ0v) is 11.3. The third-order valence-corrected chi connectivity index (χ3v) is 3.90. The number of nitrogens with zero attached hydrogens (tertiary/aromatic N) is 2. The van der Waals surface area contributed by atoms with Gasteiger partial charge in [0, 0.05) is 36.6 Å². The predicted molar refractivity (Wildman–Crippen MR) is 76.7 cm³/mol. The molecule has 108 valence electrons. The zero-order valence-electron chi connectivity index (χ0n) is 11.3. The lowest BCUT2D eigenvalue weighted by atomic mass is 9.93. The van der Waals surface area contributed by atoms with Crippen LogP contribution in [0.2, 0.25) is 0 Å². The lowest BCUT2D eigenvalue weighted by molar-refractivity contribution is -0.141. The minimum Gasteiger partial charge on any atom is -0.481 e. The average Bonchev–Trinajstić information content (AvgIpc) is 2.94. The molecule has 0 aliphatic carbocycles. The van der Waals surface area contributed by atoms with E-state index in [9.17, 15) is 14.3 Å². The number of carboxylic acid groups (broad SMARTS) is 1. The van der Waals surface area contributed by atoms with Crippen LogP contribution in [0, 0.1) is 11.7 Å². The van der Waals surface area contributed by atoms with Gasteiger partial charge in [0.05, 0.1) is 5.92 Å². The minimum absolute atomic E-state index is 0.159. The normalized spacial score (nSPS) is 21.5. The van der Waals surface area contributed by atoms with Crippen molar-refractivity contribution in [2.45, 2.75) is 5.92 Å². The van der Waals surface area contributed by atoms with E-state index in [0.29, 0.717) is 13.1 Å². The van der Waals surface area contributed by atoms with Gasteiger partial charge in [-0.05, 0) is 36.4 Å². The number of carboxylic acids is 1. The molecule has 1 aliphatic heterocycles. The van der Waals surface area contributed by atoms with Crippen LogP contribution in [0.25, 0.3) is 0 Å². The highest BCUT2D eigenvalue weighted by atomic mass is 19.1. The summed E-state index contributed by atoms with van der Waals surface area (Å²) in [5.74, 6) is -1.79. The van der Waals surface area contributed by atoms with Crippen molar-refractivity contribution in [1.29, 1.82) is 0 Å². The van der Waals surface area contributed by atoms with Gasteiger partial charge in [0.1, 0.15) is 5.82 Å². The van der Waals surface area contributed by atoms with E-state index in [2.05, 4.69) is 4.98 Å². The Bertz CT molecular complexity index is 630. The van der Waals surface area contributed by atoms with E-state index in [1.807, 2.05) is 23.1 Å². The summed E-state index contributed by atoms with van der Waals surface area (Å²) in [5.41, 5.74) is 1.62. The Hall–Kier alpha value is -2.43. The maximum atomic E-state index is 13.0. The third kappa shape index (κ3) is 2.72. The number of pyridine rings is 1. The molecule has 0 radical (unpaired) electrons. The van der Waals surface area contributed by atoms with Crippen molar-refractivity contribution < 1.29 is 14.3 Å². The van der Waals surface area contributed by atoms with Gasteiger partial charge in [0.15, 0.2) is 0 Å². The maximum absolute atomic E-state index is 13.0. The predicted octanol–water partition coefficient (Wildman–Crippen LogP) is 2.53. The molecule has 3 rings (SSSR count). The number of anilines is 1. The van der Waals surface area contributed by atoms with Crippen molar-refractivity contribution in [3.05, 3.63) is 60.2 Å². The standard InChI is InChI=1S/C16H15FN2O2/c17-11-4-6-12(7-5-11)19-9-13(14(10-19)16(20)21)15-3-1-2-8-18-15/h1-8,13-14H,9-10H2,(H,20,21)/t13-,14-/m0/s1. The van der Waals surface area contributed by atoms with E-state index in [4.69, 9.17) is 0 Å². The zero-order chi connectivity index (χ0) is 14.8. The molecule has 1 fully saturated rings. The van der Waals surface area contributed by atoms with Gasteiger partial charge in [0.25, 0.3) is 0 Å². The summed E-state index contributed by atoms with van der Waals surface area (Å²) in [6, 6.07) is 11.7. The Labute approximate surface area is 121 Å². The first kappa shape index (κ1) is 13.5. The van der Waals surface area contributed by atoms with Gasteiger partial charge in [-0.3, -0.25) is 9.78 Å². The topological polar surface area (TPSA) is 53.4 Å². The van der Waals surface area contributed by atoms with Gasteiger partial charge in [0.2, 0.25) is 0 Å². The summed E-state index contributed by atoms with van der Waals surface area (Å²) in [6.07, 6.45) is 1.68. The fraction of sp³-hybridized carbons (Fsp3) is 0.250. The first-order chi connectivity index (χ1) is 10.1. The van der Waals surface area contributed by atoms with Crippen LogP contribution in [0.3, 0.4) is 0 Å². The SMILES string of the molecule is O=C(O)[C@H]1CN(c2ccc(F)cc2)C[C@@H]1c1ccccn1. The van der Waals surface area contributed by atoms with E-state index in [0.717, 1.165) is 11.4 Å². The fourth-order valence-electron chi connectivity index (χ4n) is 2.81. The molecule has 2 aromatic rings. The molecule has 21 heavy (non-hydrogen) atoms. The molecule has 0 saturated carbocycles. The average molecular weight is 286 g/mol. The Morgan fingerprint density at radius 3 is 2.57 bits per heavy atom. The van der Waals surface area contributed by atoms with Crippen molar-refractivity contribution in [1.82, 2.24) is 4.98 Å². The minimum atomic E-state index is -0.824. The quantitative estimate of drug-likeness (QED) is 0.942. The fourth-order valence-corrected chi connectivity index (χ4v) is 2.81. The lowest BCUT2D eigenvalue weighted by Gasteiger charge is -2.18. The number of halogens is 1. The van der Waals surface area contributed by atoms with Crippen molar-refractivity contribution in [3.8, 4) is 0 Å².